The van der Waals surface area contributed by atoms with Gasteiger partial charge in [-0.05, 0) is 30.2 Å². The molecule has 0 saturated heterocycles. The van der Waals surface area contributed by atoms with E-state index in [1.807, 2.05) is 13.0 Å². The summed E-state index contributed by atoms with van der Waals surface area (Å²) in [6, 6.07) is 5.46. The van der Waals surface area contributed by atoms with Crippen LogP contribution in [0.15, 0.2) is 29.0 Å². The van der Waals surface area contributed by atoms with Gasteiger partial charge >= 0.3 is 0 Å². The molecule has 2 aromatic rings. The molecule has 6 nitrogen and oxygen atoms in total. The molecule has 0 aliphatic rings. The number of nitrogens with two attached hydrogens (primary N) is 1. The summed E-state index contributed by atoms with van der Waals surface area (Å²) in [6.45, 7) is 3.43. The van der Waals surface area contributed by atoms with Gasteiger partial charge in [-0.15, -0.1) is 0 Å². The SMILES string of the molecule is Cc1cc(C(N)=O)ccc1CNCCc1ncno1. The number of hydrogen-bond acceptors (Lipinski definition) is 5. The smallest absolute Gasteiger partial charge is 0.248 e. The molecule has 6 heteroatoms. The Kier molecular flexibility index (Phi) is 4.25. The molecular weight excluding hydrogens is 244 g/mol. The molecule has 0 unspecified atom stereocenters. The van der Waals surface area contributed by atoms with Crippen molar-refractivity contribution >= 4 is 5.91 Å². The number of carbonyl (C=O) groups is 1. The van der Waals surface area contributed by atoms with E-state index in [0.717, 1.165) is 24.2 Å². The summed E-state index contributed by atoms with van der Waals surface area (Å²) in [5.74, 6) is 0.215. The number of nitrogens with one attached hydrogen (secondary N) is 1. The van der Waals surface area contributed by atoms with Crippen molar-refractivity contribution in [2.75, 3.05) is 6.54 Å². The van der Waals surface area contributed by atoms with E-state index in [2.05, 4.69) is 15.5 Å². The van der Waals surface area contributed by atoms with Crippen LogP contribution in [0, 0.1) is 6.92 Å². The van der Waals surface area contributed by atoms with Crippen molar-refractivity contribution in [2.24, 2.45) is 5.73 Å². The lowest BCUT2D eigenvalue weighted by Gasteiger charge is -2.08. The number of carbonyl (C=O) groups excluding carboxylic acids is 1. The number of aromatic nitrogens is 2. The van der Waals surface area contributed by atoms with E-state index in [9.17, 15) is 4.79 Å². The Morgan fingerprint density at radius 1 is 1.47 bits per heavy atom. The summed E-state index contributed by atoms with van der Waals surface area (Å²) in [6.07, 6.45) is 2.08. The Morgan fingerprint density at radius 3 is 2.95 bits per heavy atom. The Labute approximate surface area is 111 Å². The Bertz CT molecular complexity index is 552. The molecule has 1 heterocycles. The van der Waals surface area contributed by atoms with Gasteiger partial charge < -0.3 is 15.6 Å². The highest BCUT2D eigenvalue weighted by molar-refractivity contribution is 5.93. The fourth-order valence-electron chi connectivity index (χ4n) is 1.77. The van der Waals surface area contributed by atoms with Gasteiger partial charge in [0, 0.05) is 25.1 Å². The molecule has 0 bridgehead atoms. The predicted octanol–water partition coefficient (Wildman–Crippen LogP) is 0.809. The van der Waals surface area contributed by atoms with Crippen molar-refractivity contribution in [3.8, 4) is 0 Å². The third kappa shape index (κ3) is 3.62. The van der Waals surface area contributed by atoms with Crippen molar-refractivity contribution < 1.29 is 9.32 Å². The van der Waals surface area contributed by atoms with Crippen LogP contribution in [0.3, 0.4) is 0 Å². The number of amides is 1. The minimum absolute atomic E-state index is 0.404. The van der Waals surface area contributed by atoms with Gasteiger partial charge in [-0.25, -0.2) is 0 Å². The largest absolute Gasteiger partial charge is 0.366 e. The van der Waals surface area contributed by atoms with Gasteiger partial charge in [-0.3, -0.25) is 4.79 Å². The van der Waals surface area contributed by atoms with E-state index in [-0.39, 0.29) is 0 Å². The lowest BCUT2D eigenvalue weighted by atomic mass is 10.0. The first-order valence-corrected chi connectivity index (χ1v) is 6.02. The standard InChI is InChI=1S/C13H16N4O2/c1-9-6-10(13(14)18)2-3-11(9)7-15-5-4-12-16-8-17-19-12/h2-3,6,8,15H,4-5,7H2,1H3,(H2,14,18). The highest BCUT2D eigenvalue weighted by Crippen LogP contribution is 2.10. The van der Waals surface area contributed by atoms with Crippen molar-refractivity contribution in [3.63, 3.8) is 0 Å². The average molecular weight is 260 g/mol. The van der Waals surface area contributed by atoms with Crippen LogP contribution in [0.2, 0.25) is 0 Å². The third-order valence-corrected chi connectivity index (χ3v) is 2.87. The van der Waals surface area contributed by atoms with Crippen LogP contribution >= 0.6 is 0 Å². The maximum atomic E-state index is 11.0. The zero-order valence-electron chi connectivity index (χ0n) is 10.7. The van der Waals surface area contributed by atoms with E-state index in [1.54, 1.807) is 12.1 Å². The molecule has 0 atom stereocenters. The summed E-state index contributed by atoms with van der Waals surface area (Å²) in [7, 11) is 0. The fourth-order valence-corrected chi connectivity index (χ4v) is 1.77. The average Bonchev–Trinajstić information content (AvgIpc) is 2.89. The van der Waals surface area contributed by atoms with E-state index in [0.29, 0.717) is 17.9 Å². The van der Waals surface area contributed by atoms with Gasteiger partial charge in [0.2, 0.25) is 11.8 Å². The molecule has 0 aliphatic heterocycles. The zero-order valence-corrected chi connectivity index (χ0v) is 10.7. The van der Waals surface area contributed by atoms with Crippen molar-refractivity contribution in [3.05, 3.63) is 47.1 Å². The van der Waals surface area contributed by atoms with Crippen LogP contribution in [0.4, 0.5) is 0 Å². The number of hydrogen-bond donors (Lipinski definition) is 2. The van der Waals surface area contributed by atoms with Gasteiger partial charge in [0.1, 0.15) is 0 Å². The molecule has 2 rings (SSSR count). The summed E-state index contributed by atoms with van der Waals surface area (Å²) in [5.41, 5.74) is 7.94. The molecule has 19 heavy (non-hydrogen) atoms. The Hall–Kier alpha value is -2.21. The van der Waals surface area contributed by atoms with Crippen LogP contribution in [0.25, 0.3) is 0 Å². The molecule has 3 N–H and O–H groups in total. The molecule has 0 fully saturated rings. The minimum atomic E-state index is -0.404. The van der Waals surface area contributed by atoms with Crippen molar-refractivity contribution in [1.29, 1.82) is 0 Å². The monoisotopic (exact) mass is 260 g/mol. The summed E-state index contributed by atoms with van der Waals surface area (Å²) in [4.78, 5) is 15.0. The van der Waals surface area contributed by atoms with Gasteiger partial charge in [-0.2, -0.15) is 4.98 Å². The van der Waals surface area contributed by atoms with Gasteiger partial charge in [0.05, 0.1) is 0 Å². The molecule has 0 spiro atoms. The quantitative estimate of drug-likeness (QED) is 0.749. The summed E-state index contributed by atoms with van der Waals surface area (Å²) < 4.78 is 4.90. The molecule has 1 aromatic heterocycles. The molecule has 0 aliphatic carbocycles. The van der Waals surface area contributed by atoms with Crippen molar-refractivity contribution in [1.82, 2.24) is 15.5 Å². The number of primary amides is 1. The zero-order chi connectivity index (χ0) is 13.7. The topological polar surface area (TPSA) is 94.0 Å². The second-order valence-electron chi connectivity index (χ2n) is 4.27. The number of aryl methyl sites for hydroxylation is 1. The third-order valence-electron chi connectivity index (χ3n) is 2.87. The normalized spacial score (nSPS) is 10.6. The minimum Gasteiger partial charge on any atom is -0.366 e. The van der Waals surface area contributed by atoms with Crippen molar-refractivity contribution in [2.45, 2.75) is 19.9 Å². The lowest BCUT2D eigenvalue weighted by Crippen LogP contribution is -2.18. The first-order valence-electron chi connectivity index (χ1n) is 6.02. The van der Waals surface area contributed by atoms with E-state index in [4.69, 9.17) is 10.3 Å². The number of nitrogens with zero attached hydrogens (tertiary/aromatic N) is 2. The lowest BCUT2D eigenvalue weighted by molar-refractivity contribution is 0.1000. The first kappa shape index (κ1) is 13.2. The van der Waals surface area contributed by atoms with Gasteiger partial charge in [0.15, 0.2) is 6.33 Å². The molecule has 0 saturated carbocycles. The van der Waals surface area contributed by atoms with Crippen LogP contribution in [0.5, 0.6) is 0 Å². The maximum Gasteiger partial charge on any atom is 0.248 e. The highest BCUT2D eigenvalue weighted by atomic mass is 16.5. The molecule has 1 aromatic carbocycles. The fraction of sp³-hybridized carbons (Fsp3) is 0.308. The summed E-state index contributed by atoms with van der Waals surface area (Å²) in [5, 5.41) is 6.83. The number of benzene rings is 1. The van der Waals surface area contributed by atoms with Gasteiger partial charge in [-0.1, -0.05) is 11.2 Å². The molecule has 1 amide bonds. The van der Waals surface area contributed by atoms with E-state index < -0.39 is 5.91 Å². The predicted molar refractivity (Wildman–Crippen MR) is 69.4 cm³/mol. The van der Waals surface area contributed by atoms with E-state index >= 15 is 0 Å². The van der Waals surface area contributed by atoms with Gasteiger partial charge in [0.25, 0.3) is 0 Å². The second kappa shape index (κ2) is 6.10. The Morgan fingerprint density at radius 2 is 2.32 bits per heavy atom. The van der Waals surface area contributed by atoms with Crippen LogP contribution < -0.4 is 11.1 Å². The first-order chi connectivity index (χ1) is 9.16. The van der Waals surface area contributed by atoms with Crippen LogP contribution in [-0.4, -0.2) is 22.6 Å². The van der Waals surface area contributed by atoms with Crippen LogP contribution in [-0.2, 0) is 13.0 Å². The Balaban J connectivity index is 1.84. The number of rotatable bonds is 6. The van der Waals surface area contributed by atoms with Crippen LogP contribution in [0.1, 0.15) is 27.4 Å². The maximum absolute atomic E-state index is 11.0. The second-order valence-corrected chi connectivity index (χ2v) is 4.27. The molecular formula is C13H16N4O2. The highest BCUT2D eigenvalue weighted by Gasteiger charge is 2.04. The van der Waals surface area contributed by atoms with E-state index in [1.165, 1.54) is 6.33 Å². The summed E-state index contributed by atoms with van der Waals surface area (Å²) >= 11 is 0. The molecule has 0 radical (unpaired) electrons. The molecule has 100 valence electrons.